The number of aliphatic imine (C=N–C) groups is 1. The second kappa shape index (κ2) is 11.5. The molecule has 0 aromatic heterocycles. The first-order valence-electron chi connectivity index (χ1n) is 12.1. The summed E-state index contributed by atoms with van der Waals surface area (Å²) in [5, 5.41) is 4.15. The quantitative estimate of drug-likeness (QED) is 0.223. The summed E-state index contributed by atoms with van der Waals surface area (Å²) in [5.74, 6) is 0.366. The van der Waals surface area contributed by atoms with Crippen molar-refractivity contribution in [2.24, 2.45) is 10.7 Å². The Morgan fingerprint density at radius 1 is 0.974 bits per heavy atom. The third kappa shape index (κ3) is 5.67. The lowest BCUT2D eigenvalue weighted by molar-refractivity contribution is 0.100. The molecule has 0 radical (unpaired) electrons. The highest BCUT2D eigenvalue weighted by atomic mass is 35.5. The number of halogens is 2. The number of anilines is 2. The van der Waals surface area contributed by atoms with Gasteiger partial charge >= 0.3 is 0 Å². The first-order valence-corrected chi connectivity index (χ1v) is 12.9. The maximum absolute atomic E-state index is 12.9. The van der Waals surface area contributed by atoms with E-state index in [1.54, 1.807) is 36.4 Å². The third-order valence-corrected chi connectivity index (χ3v) is 7.20. The molecule has 0 bridgehead atoms. The number of amidine groups is 1. The van der Waals surface area contributed by atoms with Crippen LogP contribution >= 0.6 is 23.2 Å². The predicted molar refractivity (Wildman–Crippen MR) is 155 cm³/mol. The molecule has 5 N–H and O–H groups in total. The lowest BCUT2D eigenvalue weighted by Crippen LogP contribution is -2.54. The molecule has 1 fully saturated rings. The van der Waals surface area contributed by atoms with E-state index in [1.165, 1.54) is 14.2 Å². The molecule has 3 aromatic rings. The van der Waals surface area contributed by atoms with Gasteiger partial charge in [0, 0.05) is 59.3 Å². The van der Waals surface area contributed by atoms with Crippen LogP contribution in [0.1, 0.15) is 29.8 Å². The molecule has 2 atom stereocenters. The van der Waals surface area contributed by atoms with Crippen molar-refractivity contribution in [1.29, 1.82) is 0 Å². The summed E-state index contributed by atoms with van der Waals surface area (Å²) in [7, 11) is 3.01. The van der Waals surface area contributed by atoms with E-state index in [-0.39, 0.29) is 5.84 Å². The van der Waals surface area contributed by atoms with Crippen LogP contribution in [-0.4, -0.2) is 51.1 Å². The number of amides is 1. The van der Waals surface area contributed by atoms with Crippen molar-refractivity contribution in [3.63, 3.8) is 0 Å². The molecule has 200 valence electrons. The summed E-state index contributed by atoms with van der Waals surface area (Å²) >= 11 is 13.1. The number of nitrogens with one attached hydrogen (secondary N) is 1. The number of hydrogen-bond donors (Lipinski definition) is 3. The average Bonchev–Trinajstić information content (AvgIpc) is 2.88. The number of hydrogen-bond acceptors (Lipinski definition) is 6. The van der Waals surface area contributed by atoms with Crippen molar-refractivity contribution in [1.82, 2.24) is 5.32 Å². The van der Waals surface area contributed by atoms with Crippen LogP contribution < -0.4 is 31.2 Å². The van der Waals surface area contributed by atoms with Gasteiger partial charge < -0.3 is 31.2 Å². The molecule has 4 rings (SSSR count). The number of piperazine rings is 1. The first-order chi connectivity index (χ1) is 18.1. The molecular formula is C28H31Cl2N5O3. The number of nitrogens with two attached hydrogens (primary N) is 2. The maximum atomic E-state index is 12.9. The fourth-order valence-corrected chi connectivity index (χ4v) is 5.40. The highest BCUT2D eigenvalue weighted by molar-refractivity contribution is 6.41. The van der Waals surface area contributed by atoms with E-state index in [9.17, 15) is 4.79 Å². The molecule has 1 saturated heterocycles. The summed E-state index contributed by atoms with van der Waals surface area (Å²) in [6, 6.07) is 14.9. The lowest BCUT2D eigenvalue weighted by atomic mass is 10.0. The first kappa shape index (κ1) is 27.6. The van der Waals surface area contributed by atoms with Gasteiger partial charge in [-0.15, -0.1) is 0 Å². The van der Waals surface area contributed by atoms with Gasteiger partial charge in [-0.1, -0.05) is 29.3 Å². The van der Waals surface area contributed by atoms with Gasteiger partial charge in [-0.25, -0.2) is 0 Å². The predicted octanol–water partition coefficient (Wildman–Crippen LogP) is 4.99. The molecule has 0 saturated carbocycles. The molecule has 0 unspecified atom stereocenters. The van der Waals surface area contributed by atoms with Crippen LogP contribution in [0, 0.1) is 0 Å². The number of carbonyl (C=O) groups excluding carboxylic acids is 1. The van der Waals surface area contributed by atoms with E-state index in [4.69, 9.17) is 44.1 Å². The van der Waals surface area contributed by atoms with Gasteiger partial charge in [-0.2, -0.15) is 4.99 Å². The zero-order valence-corrected chi connectivity index (χ0v) is 23.2. The number of nitrogens with zero attached hydrogens (tertiary/aromatic N) is 2. The number of nitrogen functional groups attached to an aromatic ring is 1. The average molecular weight is 556 g/mol. The molecule has 0 aliphatic carbocycles. The SMILES string of the molecule is COc1cc(OC)c(Cl)c(-c2ccc(C(N)=NC(=O)c3ccc(N4C[C@@H](C)N[C@@H](C)C4)cc3)c(N)c2)c1Cl. The summed E-state index contributed by atoms with van der Waals surface area (Å²) in [5.41, 5.74) is 15.9. The van der Waals surface area contributed by atoms with E-state index in [0.717, 1.165) is 18.8 Å². The summed E-state index contributed by atoms with van der Waals surface area (Å²) in [6.07, 6.45) is 0. The van der Waals surface area contributed by atoms with E-state index in [1.807, 2.05) is 12.1 Å². The minimum absolute atomic E-state index is 0.00768. The van der Waals surface area contributed by atoms with Gasteiger partial charge in [-0.05, 0) is 55.8 Å². The summed E-state index contributed by atoms with van der Waals surface area (Å²) in [4.78, 5) is 19.3. The van der Waals surface area contributed by atoms with Crippen LogP contribution in [0.2, 0.25) is 10.0 Å². The van der Waals surface area contributed by atoms with Crippen LogP contribution in [0.25, 0.3) is 11.1 Å². The number of methoxy groups -OCH3 is 2. The molecule has 1 aliphatic rings. The molecule has 8 nitrogen and oxygen atoms in total. The Bertz CT molecular complexity index is 1340. The topological polar surface area (TPSA) is 115 Å². The molecule has 38 heavy (non-hydrogen) atoms. The fraction of sp³-hybridized carbons (Fsp3) is 0.286. The Labute approximate surface area is 232 Å². The molecule has 1 amide bonds. The van der Waals surface area contributed by atoms with Gasteiger partial charge in [0.25, 0.3) is 5.91 Å². The molecule has 3 aromatic carbocycles. The van der Waals surface area contributed by atoms with Crippen LogP contribution in [0.3, 0.4) is 0 Å². The molecule has 1 heterocycles. The number of carbonyl (C=O) groups is 1. The smallest absolute Gasteiger partial charge is 0.278 e. The Balaban J connectivity index is 1.57. The Kier molecular flexibility index (Phi) is 8.35. The minimum atomic E-state index is -0.455. The Hall–Kier alpha value is -3.46. The molecular weight excluding hydrogens is 525 g/mol. The maximum Gasteiger partial charge on any atom is 0.278 e. The van der Waals surface area contributed by atoms with Crippen molar-refractivity contribution < 1.29 is 14.3 Å². The van der Waals surface area contributed by atoms with Crippen molar-refractivity contribution in [3.05, 3.63) is 69.7 Å². The second-order valence-corrected chi connectivity index (χ2v) is 10.1. The van der Waals surface area contributed by atoms with Gasteiger partial charge in [0.2, 0.25) is 0 Å². The van der Waals surface area contributed by atoms with Gasteiger partial charge in [0.15, 0.2) is 0 Å². The van der Waals surface area contributed by atoms with Crippen LogP contribution in [-0.2, 0) is 0 Å². The minimum Gasteiger partial charge on any atom is -0.495 e. The van der Waals surface area contributed by atoms with E-state index in [2.05, 4.69) is 29.1 Å². The highest BCUT2D eigenvalue weighted by Gasteiger charge is 2.22. The monoisotopic (exact) mass is 555 g/mol. The Morgan fingerprint density at radius 2 is 1.55 bits per heavy atom. The standard InChI is InChI=1S/C28H31Cl2N5O3/c1-15-13-35(14-16(2)33-15)19-8-5-17(6-9-19)28(36)34-27(32)20-10-7-18(11-21(20)31)24-25(29)22(37-3)12-23(38-4)26(24)30/h5-12,15-16,33H,13-14,31H2,1-4H3,(H2,32,34,36)/t15-,16+. The van der Waals surface area contributed by atoms with Crippen LogP contribution in [0.4, 0.5) is 11.4 Å². The zero-order chi connectivity index (χ0) is 27.6. The van der Waals surface area contributed by atoms with Gasteiger partial charge in [0.1, 0.15) is 17.3 Å². The van der Waals surface area contributed by atoms with E-state index >= 15 is 0 Å². The number of ether oxygens (including phenoxy) is 2. The summed E-state index contributed by atoms with van der Waals surface area (Å²) < 4.78 is 10.7. The fourth-order valence-electron chi connectivity index (χ4n) is 4.68. The van der Waals surface area contributed by atoms with Crippen LogP contribution in [0.15, 0.2) is 53.5 Å². The third-order valence-electron chi connectivity index (χ3n) is 6.45. The normalized spacial score (nSPS) is 17.8. The largest absolute Gasteiger partial charge is 0.495 e. The molecule has 1 aliphatic heterocycles. The highest BCUT2D eigenvalue weighted by Crippen LogP contribution is 2.46. The number of rotatable bonds is 6. The van der Waals surface area contributed by atoms with Crippen molar-refractivity contribution in [3.8, 4) is 22.6 Å². The van der Waals surface area contributed by atoms with Crippen LogP contribution in [0.5, 0.6) is 11.5 Å². The zero-order valence-electron chi connectivity index (χ0n) is 21.7. The van der Waals surface area contributed by atoms with Crippen molar-refractivity contribution >= 4 is 46.3 Å². The van der Waals surface area contributed by atoms with Crippen molar-refractivity contribution in [2.45, 2.75) is 25.9 Å². The van der Waals surface area contributed by atoms with Gasteiger partial charge in [0.05, 0.1) is 24.3 Å². The van der Waals surface area contributed by atoms with Crippen molar-refractivity contribution in [2.75, 3.05) is 37.9 Å². The lowest BCUT2D eigenvalue weighted by Gasteiger charge is -2.37. The number of benzene rings is 3. The van der Waals surface area contributed by atoms with E-state index in [0.29, 0.717) is 61.6 Å². The molecule has 10 heteroatoms. The summed E-state index contributed by atoms with van der Waals surface area (Å²) in [6.45, 7) is 6.12. The Morgan fingerprint density at radius 3 is 2.08 bits per heavy atom. The molecule has 0 spiro atoms. The van der Waals surface area contributed by atoms with E-state index < -0.39 is 5.91 Å². The van der Waals surface area contributed by atoms with Gasteiger partial charge in [-0.3, -0.25) is 4.79 Å². The second-order valence-electron chi connectivity index (χ2n) is 9.31.